The predicted molar refractivity (Wildman–Crippen MR) is 131 cm³/mol. The number of carboxylic acid groups (broad SMARTS) is 1. The van der Waals surface area contributed by atoms with Crippen molar-refractivity contribution >= 4 is 53.1 Å². The number of nitrogens with zero attached hydrogens (tertiary/aromatic N) is 1. The molecule has 2 aliphatic heterocycles. The Morgan fingerprint density at radius 1 is 1.28 bits per heavy atom. The molecule has 1 spiro atoms. The third-order valence-electron chi connectivity index (χ3n) is 5.46. The molecule has 1 aromatic rings. The Labute approximate surface area is 201 Å². The number of carbonyl (C=O) groups excluding carboxylic acids is 2. The molecule has 176 valence electrons. The van der Waals surface area contributed by atoms with Crippen molar-refractivity contribution in [1.29, 1.82) is 0 Å². The Morgan fingerprint density at radius 3 is 2.59 bits per heavy atom. The van der Waals surface area contributed by atoms with E-state index in [2.05, 4.69) is 5.32 Å². The summed E-state index contributed by atoms with van der Waals surface area (Å²) in [5.74, 6) is 1.46. The van der Waals surface area contributed by atoms with E-state index < -0.39 is 30.1 Å². The number of rotatable bonds is 10. The number of ether oxygens (including phenoxy) is 1. The van der Waals surface area contributed by atoms with Crippen LogP contribution in [0.1, 0.15) is 25.8 Å². The highest BCUT2D eigenvalue weighted by Crippen LogP contribution is 2.51. The Balaban J connectivity index is 1.63. The van der Waals surface area contributed by atoms with Gasteiger partial charge in [-0.05, 0) is 19.4 Å². The maximum Gasteiger partial charge on any atom is 0.326 e. The number of likely N-dealkylation sites (tertiary alicyclic amines) is 1. The zero-order valence-electron chi connectivity index (χ0n) is 18.3. The lowest BCUT2D eigenvalue weighted by molar-refractivity contribution is -0.150. The Hall–Kier alpha value is -1.36. The molecule has 2 heterocycles. The van der Waals surface area contributed by atoms with Gasteiger partial charge in [0, 0.05) is 36.0 Å². The van der Waals surface area contributed by atoms with E-state index in [1.807, 2.05) is 30.3 Å². The molecule has 2 fully saturated rings. The smallest absolute Gasteiger partial charge is 0.326 e. The fraction of sp³-hybridized carbons (Fsp3) is 0.591. The van der Waals surface area contributed by atoms with Gasteiger partial charge in [-0.2, -0.15) is 11.8 Å². The Morgan fingerprint density at radius 2 is 1.97 bits per heavy atom. The Bertz CT molecular complexity index is 804. The lowest BCUT2D eigenvalue weighted by atomic mass is 10.2. The summed E-state index contributed by atoms with van der Waals surface area (Å²) in [6.45, 7) is 4.11. The average molecular weight is 499 g/mol. The summed E-state index contributed by atoms with van der Waals surface area (Å²) in [6, 6.07) is 7.77. The van der Waals surface area contributed by atoms with E-state index in [0.29, 0.717) is 18.7 Å². The van der Waals surface area contributed by atoms with Crippen LogP contribution in [0.15, 0.2) is 30.3 Å². The minimum Gasteiger partial charge on any atom is -0.480 e. The molecular weight excluding hydrogens is 468 g/mol. The van der Waals surface area contributed by atoms with Crippen LogP contribution in [0, 0.1) is 0 Å². The van der Waals surface area contributed by atoms with Crippen LogP contribution in [-0.4, -0.2) is 80.5 Å². The number of hydrogen-bond acceptors (Lipinski definition) is 8. The molecule has 0 aliphatic carbocycles. The van der Waals surface area contributed by atoms with Crippen molar-refractivity contribution in [2.24, 2.45) is 0 Å². The van der Waals surface area contributed by atoms with E-state index >= 15 is 0 Å². The van der Waals surface area contributed by atoms with Crippen molar-refractivity contribution in [2.75, 3.05) is 30.4 Å². The first-order valence-corrected chi connectivity index (χ1v) is 13.8. The van der Waals surface area contributed by atoms with Crippen LogP contribution in [-0.2, 0) is 24.9 Å². The lowest BCUT2D eigenvalue weighted by Gasteiger charge is -2.28. The van der Waals surface area contributed by atoms with Crippen molar-refractivity contribution in [3.8, 4) is 0 Å². The van der Waals surface area contributed by atoms with Crippen LogP contribution in [0.4, 0.5) is 0 Å². The van der Waals surface area contributed by atoms with Gasteiger partial charge in [0.2, 0.25) is 5.91 Å². The molecule has 0 aromatic heterocycles. The minimum absolute atomic E-state index is 0.232. The third kappa shape index (κ3) is 6.36. The van der Waals surface area contributed by atoms with Gasteiger partial charge in [-0.3, -0.25) is 14.9 Å². The lowest BCUT2D eigenvalue weighted by Crippen LogP contribution is -2.54. The fourth-order valence-electron chi connectivity index (χ4n) is 3.92. The zero-order valence-corrected chi connectivity index (χ0v) is 20.8. The summed E-state index contributed by atoms with van der Waals surface area (Å²) < 4.78 is 4.98. The van der Waals surface area contributed by atoms with Gasteiger partial charge in [-0.1, -0.05) is 30.3 Å². The minimum atomic E-state index is -0.976. The van der Waals surface area contributed by atoms with Crippen LogP contribution in [0.5, 0.6) is 0 Å². The van der Waals surface area contributed by atoms with E-state index in [1.54, 1.807) is 49.1 Å². The summed E-state index contributed by atoms with van der Waals surface area (Å²) in [5.41, 5.74) is 1.16. The van der Waals surface area contributed by atoms with E-state index in [0.717, 1.165) is 22.8 Å². The molecule has 1 amide bonds. The first-order valence-electron chi connectivity index (χ1n) is 10.7. The molecule has 32 heavy (non-hydrogen) atoms. The van der Waals surface area contributed by atoms with Crippen LogP contribution < -0.4 is 5.32 Å². The van der Waals surface area contributed by atoms with Gasteiger partial charge in [-0.25, -0.2) is 4.79 Å². The molecule has 3 rings (SSSR count). The number of aliphatic carboxylic acids is 1. The van der Waals surface area contributed by atoms with Crippen molar-refractivity contribution in [2.45, 2.75) is 48.2 Å². The van der Waals surface area contributed by atoms with Crippen LogP contribution in [0.25, 0.3) is 0 Å². The molecule has 2 aliphatic rings. The van der Waals surface area contributed by atoms with Crippen molar-refractivity contribution in [1.82, 2.24) is 10.2 Å². The summed E-state index contributed by atoms with van der Waals surface area (Å²) in [6.07, 6.45) is 0.449. The molecule has 1 aromatic carbocycles. The van der Waals surface area contributed by atoms with Gasteiger partial charge < -0.3 is 14.7 Å². The van der Waals surface area contributed by atoms with Gasteiger partial charge >= 0.3 is 11.9 Å². The fourth-order valence-corrected chi connectivity index (χ4v) is 8.19. The van der Waals surface area contributed by atoms with E-state index in [1.165, 1.54) is 4.90 Å². The third-order valence-corrected chi connectivity index (χ3v) is 9.99. The number of nitrogens with one attached hydrogen (secondary N) is 1. The second kappa shape index (κ2) is 11.7. The topological polar surface area (TPSA) is 95.9 Å². The molecule has 1 unspecified atom stereocenters. The molecular formula is C22H30N2O5S3. The largest absolute Gasteiger partial charge is 0.480 e. The highest BCUT2D eigenvalue weighted by Gasteiger charge is 2.52. The van der Waals surface area contributed by atoms with E-state index in [4.69, 9.17) is 4.74 Å². The zero-order chi connectivity index (χ0) is 23.1. The number of esters is 1. The molecule has 0 radical (unpaired) electrons. The second-order valence-electron chi connectivity index (χ2n) is 7.83. The van der Waals surface area contributed by atoms with Gasteiger partial charge in [0.05, 0.1) is 16.7 Å². The monoisotopic (exact) mass is 498 g/mol. The van der Waals surface area contributed by atoms with Gasteiger partial charge in [0.25, 0.3) is 0 Å². The number of benzene rings is 1. The van der Waals surface area contributed by atoms with E-state index in [9.17, 15) is 19.5 Å². The molecule has 10 heteroatoms. The summed E-state index contributed by atoms with van der Waals surface area (Å²) >= 11 is 5.08. The van der Waals surface area contributed by atoms with Crippen LogP contribution in [0.3, 0.4) is 0 Å². The number of thioether (sulfide) groups is 3. The average Bonchev–Trinajstić information content (AvgIpc) is 3.40. The summed E-state index contributed by atoms with van der Waals surface area (Å²) in [7, 11) is 0. The van der Waals surface area contributed by atoms with Crippen LogP contribution >= 0.6 is 35.3 Å². The van der Waals surface area contributed by atoms with Crippen molar-refractivity contribution < 1.29 is 24.2 Å². The normalized spacial score (nSPS) is 21.4. The number of carboxylic acids is 1. The number of carbonyl (C=O) groups is 3. The van der Waals surface area contributed by atoms with Gasteiger partial charge in [0.15, 0.2) is 0 Å². The predicted octanol–water partition coefficient (Wildman–Crippen LogP) is 2.69. The van der Waals surface area contributed by atoms with E-state index in [-0.39, 0.29) is 16.6 Å². The number of amides is 1. The summed E-state index contributed by atoms with van der Waals surface area (Å²) in [5, 5.41) is 12.8. The SMILES string of the molecule is CCOC(=O)[C@@H](CSCc1ccccc1)NC(C)C(=O)N1CC2(C[C@H]1C(=O)O)SCCS2. The molecule has 0 bridgehead atoms. The van der Waals surface area contributed by atoms with Crippen LogP contribution in [0.2, 0.25) is 0 Å². The van der Waals surface area contributed by atoms with Crippen molar-refractivity contribution in [3.05, 3.63) is 35.9 Å². The molecule has 0 saturated carbocycles. The maximum absolute atomic E-state index is 13.2. The first-order chi connectivity index (χ1) is 15.3. The van der Waals surface area contributed by atoms with Gasteiger partial charge in [-0.15, -0.1) is 23.5 Å². The maximum atomic E-state index is 13.2. The highest BCUT2D eigenvalue weighted by atomic mass is 32.2. The molecule has 2 N–H and O–H groups in total. The highest BCUT2D eigenvalue weighted by molar-refractivity contribution is 8.21. The molecule has 7 nitrogen and oxygen atoms in total. The Kier molecular flexibility index (Phi) is 9.22. The quantitative estimate of drug-likeness (QED) is 0.472. The molecule has 3 atom stereocenters. The first kappa shape index (κ1) is 25.3. The number of hydrogen-bond donors (Lipinski definition) is 2. The van der Waals surface area contributed by atoms with Crippen molar-refractivity contribution in [3.63, 3.8) is 0 Å². The standard InChI is InChI=1S/C22H30N2O5S3/c1-3-29-21(28)17(13-30-12-16-7-5-4-6-8-16)23-15(2)19(25)24-14-22(31-9-10-32-22)11-18(24)20(26)27/h4-8,15,17-18,23H,3,9-14H2,1-2H3,(H,26,27)/t15?,17-,18+/m1/s1. The second-order valence-corrected chi connectivity index (χ2v) is 12.1. The van der Waals surface area contributed by atoms with Gasteiger partial charge in [0.1, 0.15) is 12.1 Å². The summed E-state index contributed by atoms with van der Waals surface area (Å²) in [4.78, 5) is 39.1. The molecule has 2 saturated heterocycles.